The van der Waals surface area contributed by atoms with E-state index in [4.69, 9.17) is 0 Å². The van der Waals surface area contributed by atoms with E-state index in [9.17, 15) is 4.79 Å². The van der Waals surface area contributed by atoms with Crippen molar-refractivity contribution in [3.63, 3.8) is 0 Å². The monoisotopic (exact) mass is 337 g/mol. The number of thioether (sulfide) groups is 1. The van der Waals surface area contributed by atoms with Gasteiger partial charge in [0.15, 0.2) is 11.6 Å². The zero-order valence-electron chi connectivity index (χ0n) is 13.7. The lowest BCUT2D eigenvalue weighted by Crippen LogP contribution is -2.13. The van der Waals surface area contributed by atoms with Crippen molar-refractivity contribution in [2.75, 3.05) is 0 Å². The minimum Gasteiger partial charge on any atom is -0.293 e. The first kappa shape index (κ1) is 16.5. The van der Waals surface area contributed by atoms with Crippen molar-refractivity contribution in [1.82, 2.24) is 15.2 Å². The smallest absolute Gasteiger partial charge is 0.209 e. The molecule has 0 spiro atoms. The van der Waals surface area contributed by atoms with Gasteiger partial charge >= 0.3 is 0 Å². The lowest BCUT2D eigenvalue weighted by Gasteiger charge is -2.07. The maximum atomic E-state index is 12.4. The van der Waals surface area contributed by atoms with Crippen LogP contribution in [0.5, 0.6) is 0 Å². The molecule has 1 heterocycles. The first-order valence-corrected chi connectivity index (χ1v) is 8.83. The van der Waals surface area contributed by atoms with E-state index in [-0.39, 0.29) is 11.0 Å². The number of H-pyrrole nitrogens is 1. The molecule has 5 heteroatoms. The number of Topliss-reactive ketones (excluding diaryl/α,β-unsaturated/α-hetero) is 1. The molecular weight excluding hydrogens is 318 g/mol. The molecule has 1 atom stereocenters. The standard InChI is InChI=1S/C19H19N3OS/c1-3-14-9-11-16(12-10-14)18-20-19(22-21-18)24-13(2)17(23)15-7-5-4-6-8-15/h4-13H,3H2,1-2H3,(H,20,21,22)/t13-/m1/s1. The summed E-state index contributed by atoms with van der Waals surface area (Å²) < 4.78 is 0. The molecule has 0 saturated heterocycles. The lowest BCUT2D eigenvalue weighted by atomic mass is 10.1. The maximum absolute atomic E-state index is 12.4. The number of aromatic amines is 1. The Kier molecular flexibility index (Phi) is 5.11. The molecule has 0 aliphatic carbocycles. The van der Waals surface area contributed by atoms with Crippen LogP contribution < -0.4 is 0 Å². The molecule has 1 aromatic heterocycles. The fourth-order valence-corrected chi connectivity index (χ4v) is 3.18. The highest BCUT2D eigenvalue weighted by molar-refractivity contribution is 8.00. The molecule has 0 radical (unpaired) electrons. The Bertz CT molecular complexity index is 812. The first-order valence-electron chi connectivity index (χ1n) is 7.95. The van der Waals surface area contributed by atoms with E-state index < -0.39 is 0 Å². The Morgan fingerprint density at radius 2 is 1.83 bits per heavy atom. The molecule has 0 fully saturated rings. The van der Waals surface area contributed by atoms with E-state index in [1.165, 1.54) is 17.3 Å². The molecular formula is C19H19N3OS. The molecule has 4 nitrogen and oxygen atoms in total. The van der Waals surface area contributed by atoms with Gasteiger partial charge in [-0.1, -0.05) is 73.3 Å². The van der Waals surface area contributed by atoms with Gasteiger partial charge in [0, 0.05) is 11.1 Å². The fourth-order valence-electron chi connectivity index (χ4n) is 2.38. The van der Waals surface area contributed by atoms with Crippen molar-refractivity contribution in [3.8, 4) is 11.4 Å². The van der Waals surface area contributed by atoms with Crippen molar-refractivity contribution in [2.45, 2.75) is 30.7 Å². The van der Waals surface area contributed by atoms with E-state index >= 15 is 0 Å². The summed E-state index contributed by atoms with van der Waals surface area (Å²) in [6, 6.07) is 17.6. The molecule has 0 aliphatic rings. The Labute approximate surface area is 145 Å². The van der Waals surface area contributed by atoms with Crippen LogP contribution in [-0.2, 0) is 6.42 Å². The van der Waals surface area contributed by atoms with Gasteiger partial charge in [-0.3, -0.25) is 9.89 Å². The zero-order valence-corrected chi connectivity index (χ0v) is 14.5. The second-order valence-corrected chi connectivity index (χ2v) is 6.82. The minimum absolute atomic E-state index is 0.0826. The molecule has 1 N–H and O–H groups in total. The van der Waals surface area contributed by atoms with Crippen LogP contribution in [0.3, 0.4) is 0 Å². The number of nitrogens with one attached hydrogen (secondary N) is 1. The summed E-state index contributed by atoms with van der Waals surface area (Å²) in [7, 11) is 0. The van der Waals surface area contributed by atoms with Gasteiger partial charge in [-0.05, 0) is 18.9 Å². The molecule has 3 rings (SSSR count). The van der Waals surface area contributed by atoms with Gasteiger partial charge in [-0.15, -0.1) is 5.10 Å². The highest BCUT2D eigenvalue weighted by Crippen LogP contribution is 2.25. The van der Waals surface area contributed by atoms with Crippen LogP contribution in [0.1, 0.15) is 29.8 Å². The highest BCUT2D eigenvalue weighted by atomic mass is 32.2. The van der Waals surface area contributed by atoms with Gasteiger partial charge in [-0.2, -0.15) is 0 Å². The molecule has 0 amide bonds. The van der Waals surface area contributed by atoms with Gasteiger partial charge < -0.3 is 0 Å². The average molecular weight is 337 g/mol. The van der Waals surface area contributed by atoms with Crippen molar-refractivity contribution in [1.29, 1.82) is 0 Å². The molecule has 0 bridgehead atoms. The van der Waals surface area contributed by atoms with E-state index in [2.05, 4.69) is 34.2 Å². The third kappa shape index (κ3) is 3.74. The number of benzene rings is 2. The number of rotatable bonds is 6. The molecule has 3 aromatic rings. The van der Waals surface area contributed by atoms with Gasteiger partial charge in [0.1, 0.15) is 0 Å². The van der Waals surface area contributed by atoms with Crippen molar-refractivity contribution in [2.24, 2.45) is 0 Å². The molecule has 2 aromatic carbocycles. The summed E-state index contributed by atoms with van der Waals surface area (Å²) in [6.45, 7) is 4.01. The van der Waals surface area contributed by atoms with Crippen LogP contribution in [-0.4, -0.2) is 26.2 Å². The topological polar surface area (TPSA) is 58.6 Å². The molecule has 0 aliphatic heterocycles. The summed E-state index contributed by atoms with van der Waals surface area (Å²) >= 11 is 1.37. The molecule has 0 unspecified atom stereocenters. The zero-order chi connectivity index (χ0) is 16.9. The van der Waals surface area contributed by atoms with Crippen LogP contribution in [0.4, 0.5) is 0 Å². The number of hydrogen-bond acceptors (Lipinski definition) is 4. The first-order chi connectivity index (χ1) is 11.7. The van der Waals surface area contributed by atoms with Gasteiger partial charge in [-0.25, -0.2) is 4.98 Å². The van der Waals surface area contributed by atoms with E-state index in [1.54, 1.807) is 0 Å². The number of hydrogen-bond donors (Lipinski definition) is 1. The second kappa shape index (κ2) is 7.45. The van der Waals surface area contributed by atoms with Gasteiger partial charge in [0.05, 0.1) is 5.25 Å². The SMILES string of the molecule is CCc1ccc(-c2nc(S[C@H](C)C(=O)c3ccccc3)n[nH]2)cc1. The number of nitrogens with zero attached hydrogens (tertiary/aromatic N) is 2. The summed E-state index contributed by atoms with van der Waals surface area (Å²) in [5.41, 5.74) is 2.99. The molecule has 0 saturated carbocycles. The van der Waals surface area contributed by atoms with Crippen LogP contribution in [0.2, 0.25) is 0 Å². The largest absolute Gasteiger partial charge is 0.293 e. The third-order valence-electron chi connectivity index (χ3n) is 3.81. The van der Waals surface area contributed by atoms with Crippen molar-refractivity contribution < 1.29 is 4.79 Å². The Morgan fingerprint density at radius 1 is 1.12 bits per heavy atom. The van der Waals surface area contributed by atoms with Crippen LogP contribution in [0.15, 0.2) is 59.8 Å². The van der Waals surface area contributed by atoms with Gasteiger partial charge in [0.25, 0.3) is 0 Å². The summed E-state index contributed by atoms with van der Waals surface area (Å²) in [5, 5.41) is 7.52. The number of aryl methyl sites for hydroxylation is 1. The number of carbonyl (C=O) groups excluding carboxylic acids is 1. The van der Waals surface area contributed by atoms with Crippen molar-refractivity contribution in [3.05, 3.63) is 65.7 Å². The van der Waals surface area contributed by atoms with E-state index in [0.717, 1.165) is 17.8 Å². The van der Waals surface area contributed by atoms with Crippen LogP contribution in [0, 0.1) is 0 Å². The summed E-state index contributed by atoms with van der Waals surface area (Å²) in [4.78, 5) is 16.9. The minimum atomic E-state index is -0.237. The van der Waals surface area contributed by atoms with Gasteiger partial charge in [0.2, 0.25) is 5.16 Å². The summed E-state index contributed by atoms with van der Waals surface area (Å²) in [5.74, 6) is 0.804. The van der Waals surface area contributed by atoms with E-state index in [1.807, 2.05) is 49.4 Å². The average Bonchev–Trinajstić information content (AvgIpc) is 3.10. The fraction of sp³-hybridized carbons (Fsp3) is 0.211. The number of aromatic nitrogens is 3. The van der Waals surface area contributed by atoms with Crippen molar-refractivity contribution >= 4 is 17.5 Å². The quantitative estimate of drug-likeness (QED) is 0.535. The Hall–Kier alpha value is -2.40. The lowest BCUT2D eigenvalue weighted by molar-refractivity contribution is 0.0994. The Morgan fingerprint density at radius 3 is 2.50 bits per heavy atom. The predicted molar refractivity (Wildman–Crippen MR) is 97.3 cm³/mol. The molecule has 122 valence electrons. The second-order valence-electron chi connectivity index (χ2n) is 5.51. The van der Waals surface area contributed by atoms with E-state index in [0.29, 0.717) is 10.7 Å². The van der Waals surface area contributed by atoms with Crippen LogP contribution >= 0.6 is 11.8 Å². The van der Waals surface area contributed by atoms with Crippen LogP contribution in [0.25, 0.3) is 11.4 Å². The number of ketones is 1. The normalized spacial score (nSPS) is 12.1. The Balaban J connectivity index is 1.70. The third-order valence-corrected chi connectivity index (χ3v) is 4.77. The maximum Gasteiger partial charge on any atom is 0.209 e. The summed E-state index contributed by atoms with van der Waals surface area (Å²) in [6.07, 6.45) is 1.01. The predicted octanol–water partition coefficient (Wildman–Crippen LogP) is 4.40. The molecule has 24 heavy (non-hydrogen) atoms. The highest BCUT2D eigenvalue weighted by Gasteiger charge is 2.18. The number of carbonyl (C=O) groups is 1.